The number of halogens is 1. The normalized spacial score (nSPS) is 12.7. The molecule has 3 nitrogen and oxygen atoms in total. The number of aromatic nitrogens is 1. The molecule has 0 bridgehead atoms. The fourth-order valence-electron chi connectivity index (χ4n) is 1.90. The zero-order valence-corrected chi connectivity index (χ0v) is 11.6. The molecule has 1 N–H and O–H groups in total. The highest BCUT2D eigenvalue weighted by Crippen LogP contribution is 2.19. The molecule has 0 saturated carbocycles. The number of hydrogen-bond acceptors (Lipinski definition) is 3. The van der Waals surface area contributed by atoms with Gasteiger partial charge in [0.1, 0.15) is 5.76 Å². The van der Waals surface area contributed by atoms with Gasteiger partial charge in [0.2, 0.25) is 0 Å². The standard InChI is InChI=1S/C14H17ClN2O/c1-9(12-5-4-6-13(15)7-12)16-8-14-10(2)17-18-11(14)3/h4-7,9,16H,8H2,1-3H3. The van der Waals surface area contributed by atoms with E-state index >= 15 is 0 Å². The summed E-state index contributed by atoms with van der Waals surface area (Å²) in [6.07, 6.45) is 0. The molecule has 2 rings (SSSR count). The number of aryl methyl sites for hydroxylation is 2. The first-order chi connectivity index (χ1) is 8.58. The fourth-order valence-corrected chi connectivity index (χ4v) is 2.10. The molecular weight excluding hydrogens is 248 g/mol. The summed E-state index contributed by atoms with van der Waals surface area (Å²) in [5.74, 6) is 0.873. The maximum absolute atomic E-state index is 5.99. The monoisotopic (exact) mass is 264 g/mol. The van der Waals surface area contributed by atoms with Crippen molar-refractivity contribution in [3.8, 4) is 0 Å². The number of nitrogens with zero attached hydrogens (tertiary/aromatic N) is 1. The van der Waals surface area contributed by atoms with Crippen molar-refractivity contribution < 1.29 is 4.52 Å². The molecule has 1 aromatic heterocycles. The van der Waals surface area contributed by atoms with Crippen LogP contribution in [0.25, 0.3) is 0 Å². The third-order valence-corrected chi connectivity index (χ3v) is 3.35. The van der Waals surface area contributed by atoms with E-state index in [9.17, 15) is 0 Å². The highest BCUT2D eigenvalue weighted by atomic mass is 35.5. The van der Waals surface area contributed by atoms with Gasteiger partial charge in [0.15, 0.2) is 0 Å². The molecule has 4 heteroatoms. The SMILES string of the molecule is Cc1noc(C)c1CNC(C)c1cccc(Cl)c1. The molecule has 18 heavy (non-hydrogen) atoms. The van der Waals surface area contributed by atoms with E-state index in [1.165, 1.54) is 5.56 Å². The molecule has 1 unspecified atom stereocenters. The van der Waals surface area contributed by atoms with Gasteiger partial charge in [0.05, 0.1) is 5.69 Å². The van der Waals surface area contributed by atoms with Crippen LogP contribution >= 0.6 is 11.6 Å². The van der Waals surface area contributed by atoms with Gasteiger partial charge in [0.25, 0.3) is 0 Å². The Labute approximate surface area is 112 Å². The lowest BCUT2D eigenvalue weighted by Gasteiger charge is -2.14. The largest absolute Gasteiger partial charge is 0.361 e. The number of rotatable bonds is 4. The maximum Gasteiger partial charge on any atom is 0.138 e. The van der Waals surface area contributed by atoms with Gasteiger partial charge >= 0.3 is 0 Å². The highest BCUT2D eigenvalue weighted by Gasteiger charge is 2.11. The molecule has 0 fully saturated rings. The molecule has 0 aliphatic carbocycles. The molecule has 0 radical (unpaired) electrons. The minimum absolute atomic E-state index is 0.234. The van der Waals surface area contributed by atoms with Crippen LogP contribution in [0.5, 0.6) is 0 Å². The van der Waals surface area contributed by atoms with Gasteiger partial charge in [-0.2, -0.15) is 0 Å². The van der Waals surface area contributed by atoms with Crippen LogP contribution in [0, 0.1) is 13.8 Å². The lowest BCUT2D eigenvalue weighted by molar-refractivity contribution is 0.391. The molecule has 0 saturated heterocycles. The van der Waals surface area contributed by atoms with E-state index in [1.54, 1.807) is 0 Å². The Morgan fingerprint density at radius 2 is 2.17 bits per heavy atom. The van der Waals surface area contributed by atoms with Gasteiger partial charge in [-0.3, -0.25) is 0 Å². The summed E-state index contributed by atoms with van der Waals surface area (Å²) >= 11 is 5.99. The number of hydrogen-bond donors (Lipinski definition) is 1. The quantitative estimate of drug-likeness (QED) is 0.913. The smallest absolute Gasteiger partial charge is 0.138 e. The molecule has 1 aromatic carbocycles. The first-order valence-electron chi connectivity index (χ1n) is 5.98. The van der Waals surface area contributed by atoms with E-state index < -0.39 is 0 Å². The highest BCUT2D eigenvalue weighted by molar-refractivity contribution is 6.30. The Morgan fingerprint density at radius 3 is 2.78 bits per heavy atom. The molecule has 0 aliphatic rings. The van der Waals surface area contributed by atoms with E-state index in [0.717, 1.165) is 28.6 Å². The zero-order chi connectivity index (χ0) is 13.1. The van der Waals surface area contributed by atoms with Gasteiger partial charge in [-0.1, -0.05) is 28.9 Å². The molecule has 2 aromatic rings. The van der Waals surface area contributed by atoms with E-state index in [2.05, 4.69) is 23.5 Å². The van der Waals surface area contributed by atoms with Crippen molar-refractivity contribution in [1.29, 1.82) is 0 Å². The van der Waals surface area contributed by atoms with E-state index in [-0.39, 0.29) is 6.04 Å². The van der Waals surface area contributed by atoms with Crippen LogP contribution in [0.15, 0.2) is 28.8 Å². The maximum atomic E-state index is 5.99. The molecule has 96 valence electrons. The summed E-state index contributed by atoms with van der Waals surface area (Å²) in [6.45, 7) is 6.75. The van der Waals surface area contributed by atoms with Crippen molar-refractivity contribution in [3.63, 3.8) is 0 Å². The summed E-state index contributed by atoms with van der Waals surface area (Å²) in [4.78, 5) is 0. The third kappa shape index (κ3) is 2.92. The summed E-state index contributed by atoms with van der Waals surface area (Å²) in [6, 6.07) is 8.12. The van der Waals surface area contributed by atoms with E-state index in [1.807, 2.05) is 32.0 Å². The van der Waals surface area contributed by atoms with Crippen molar-refractivity contribution >= 4 is 11.6 Å². The molecule has 1 heterocycles. The van der Waals surface area contributed by atoms with Crippen LogP contribution in [0.4, 0.5) is 0 Å². The second-order valence-electron chi connectivity index (χ2n) is 4.46. The van der Waals surface area contributed by atoms with Crippen molar-refractivity contribution in [2.45, 2.75) is 33.4 Å². The molecular formula is C14H17ClN2O. The van der Waals surface area contributed by atoms with Crippen LogP contribution in [0.3, 0.4) is 0 Å². The summed E-state index contributed by atoms with van der Waals surface area (Å²) in [5.41, 5.74) is 3.25. The topological polar surface area (TPSA) is 38.1 Å². The van der Waals surface area contributed by atoms with E-state index in [0.29, 0.717) is 0 Å². The average molecular weight is 265 g/mol. The molecule has 0 spiro atoms. The first kappa shape index (κ1) is 13.1. The van der Waals surface area contributed by atoms with Crippen molar-refractivity contribution in [3.05, 3.63) is 51.9 Å². The fraction of sp³-hybridized carbons (Fsp3) is 0.357. The van der Waals surface area contributed by atoms with Gasteiger partial charge in [-0.15, -0.1) is 0 Å². The average Bonchev–Trinajstić information content (AvgIpc) is 2.66. The third-order valence-electron chi connectivity index (χ3n) is 3.11. The summed E-state index contributed by atoms with van der Waals surface area (Å²) < 4.78 is 5.14. The Bertz CT molecular complexity index is 517. The zero-order valence-electron chi connectivity index (χ0n) is 10.8. The van der Waals surface area contributed by atoms with Crippen LogP contribution in [0.2, 0.25) is 5.02 Å². The molecule has 0 amide bonds. The van der Waals surface area contributed by atoms with Gasteiger partial charge < -0.3 is 9.84 Å². The first-order valence-corrected chi connectivity index (χ1v) is 6.36. The molecule has 0 aliphatic heterocycles. The summed E-state index contributed by atoms with van der Waals surface area (Å²) in [7, 11) is 0. The van der Waals surface area contributed by atoms with Crippen molar-refractivity contribution in [2.24, 2.45) is 0 Å². The Kier molecular flexibility index (Phi) is 4.04. The van der Waals surface area contributed by atoms with Crippen molar-refractivity contribution in [2.75, 3.05) is 0 Å². The predicted molar refractivity (Wildman–Crippen MR) is 72.7 cm³/mol. The Hall–Kier alpha value is -1.32. The van der Waals surface area contributed by atoms with Crippen LogP contribution in [-0.2, 0) is 6.54 Å². The van der Waals surface area contributed by atoms with Gasteiger partial charge in [0, 0.05) is 23.2 Å². The lowest BCUT2D eigenvalue weighted by atomic mass is 10.1. The predicted octanol–water partition coefficient (Wildman–Crippen LogP) is 3.80. The van der Waals surface area contributed by atoms with E-state index in [4.69, 9.17) is 16.1 Å². The Morgan fingerprint density at radius 1 is 1.39 bits per heavy atom. The van der Waals surface area contributed by atoms with Crippen LogP contribution in [0.1, 0.15) is 35.5 Å². The van der Waals surface area contributed by atoms with Crippen LogP contribution < -0.4 is 5.32 Å². The lowest BCUT2D eigenvalue weighted by Crippen LogP contribution is -2.18. The minimum Gasteiger partial charge on any atom is -0.361 e. The van der Waals surface area contributed by atoms with Crippen molar-refractivity contribution in [1.82, 2.24) is 10.5 Å². The van der Waals surface area contributed by atoms with Crippen LogP contribution in [-0.4, -0.2) is 5.16 Å². The second-order valence-corrected chi connectivity index (χ2v) is 4.90. The van der Waals surface area contributed by atoms with Gasteiger partial charge in [-0.25, -0.2) is 0 Å². The number of benzene rings is 1. The Balaban J connectivity index is 2.02. The minimum atomic E-state index is 0.234. The summed E-state index contributed by atoms with van der Waals surface area (Å²) in [5, 5.41) is 8.16. The molecule has 1 atom stereocenters. The number of nitrogens with one attached hydrogen (secondary N) is 1. The van der Waals surface area contributed by atoms with Gasteiger partial charge in [-0.05, 0) is 38.5 Å². The second kappa shape index (κ2) is 5.55.